The number of nitrogens with one attached hydrogen (secondary N) is 1. The van der Waals surface area contributed by atoms with E-state index in [1.165, 1.54) is 0 Å². The Balaban J connectivity index is 1.84. The quantitative estimate of drug-likeness (QED) is 0.577. The third kappa shape index (κ3) is 3.26. The van der Waals surface area contributed by atoms with E-state index < -0.39 is 0 Å². The number of methoxy groups -OCH3 is 1. The summed E-state index contributed by atoms with van der Waals surface area (Å²) in [5, 5.41) is 8.95. The molecule has 142 valence electrons. The first kappa shape index (κ1) is 17.9. The van der Waals surface area contributed by atoms with Crippen LogP contribution < -0.4 is 10.1 Å². The molecule has 7 nitrogen and oxygen atoms in total. The summed E-state index contributed by atoms with van der Waals surface area (Å²) in [5.41, 5.74) is 4.58. The van der Waals surface area contributed by atoms with Gasteiger partial charge in [0.15, 0.2) is 5.82 Å². The van der Waals surface area contributed by atoms with E-state index in [0.29, 0.717) is 11.8 Å². The van der Waals surface area contributed by atoms with Crippen molar-refractivity contribution in [2.45, 2.75) is 27.7 Å². The summed E-state index contributed by atoms with van der Waals surface area (Å²) in [6.45, 7) is 7.90. The Hall–Kier alpha value is -3.48. The molecular formula is C21H22N6O. The summed E-state index contributed by atoms with van der Waals surface area (Å²) in [5.74, 6) is 2.73. The van der Waals surface area contributed by atoms with Crippen LogP contribution >= 0.6 is 0 Å². The van der Waals surface area contributed by atoms with Crippen LogP contribution in [0.25, 0.3) is 16.7 Å². The largest absolute Gasteiger partial charge is 0.494 e. The van der Waals surface area contributed by atoms with Gasteiger partial charge in [0, 0.05) is 22.8 Å². The van der Waals surface area contributed by atoms with E-state index in [4.69, 9.17) is 9.72 Å². The SMILES string of the molecule is COc1cccc2c(C)cc(-n3nc(C)cc3Nc3nc(C)cc(C)n3)nc12. The molecule has 0 radical (unpaired) electrons. The molecule has 7 heteroatoms. The highest BCUT2D eigenvalue weighted by molar-refractivity contribution is 5.88. The first-order valence-electron chi connectivity index (χ1n) is 9.05. The highest BCUT2D eigenvalue weighted by atomic mass is 16.5. The van der Waals surface area contributed by atoms with Crippen molar-refractivity contribution in [2.75, 3.05) is 12.4 Å². The number of rotatable bonds is 4. The Labute approximate surface area is 163 Å². The molecule has 0 saturated carbocycles. The number of benzene rings is 1. The fourth-order valence-corrected chi connectivity index (χ4v) is 3.31. The molecule has 3 heterocycles. The molecule has 1 aromatic carbocycles. The van der Waals surface area contributed by atoms with Crippen LogP contribution in [0.3, 0.4) is 0 Å². The van der Waals surface area contributed by atoms with Gasteiger partial charge in [-0.25, -0.2) is 15.0 Å². The van der Waals surface area contributed by atoms with Gasteiger partial charge in [0.05, 0.1) is 12.8 Å². The van der Waals surface area contributed by atoms with Gasteiger partial charge < -0.3 is 10.1 Å². The zero-order valence-electron chi connectivity index (χ0n) is 16.6. The number of hydrogen-bond acceptors (Lipinski definition) is 6. The molecule has 0 saturated heterocycles. The van der Waals surface area contributed by atoms with Gasteiger partial charge in [-0.15, -0.1) is 0 Å². The summed E-state index contributed by atoms with van der Waals surface area (Å²) in [4.78, 5) is 13.8. The van der Waals surface area contributed by atoms with Crippen molar-refractivity contribution in [1.82, 2.24) is 24.7 Å². The maximum absolute atomic E-state index is 5.50. The average molecular weight is 374 g/mol. The zero-order chi connectivity index (χ0) is 19.8. The minimum absolute atomic E-state index is 0.536. The van der Waals surface area contributed by atoms with Crippen LogP contribution in [-0.2, 0) is 0 Å². The first-order chi connectivity index (χ1) is 13.4. The standard InChI is InChI=1S/C21H22N6O/c1-12-9-18(24-20-16(12)7-6-8-17(20)28-5)27-19(11-15(4)26-27)25-21-22-13(2)10-14(3)23-21/h6-11H,1-5H3,(H,22,23,25). The van der Waals surface area contributed by atoms with E-state index in [2.05, 4.69) is 27.3 Å². The van der Waals surface area contributed by atoms with Crippen LogP contribution in [0.15, 0.2) is 36.4 Å². The molecule has 0 atom stereocenters. The summed E-state index contributed by atoms with van der Waals surface area (Å²) in [7, 11) is 1.65. The monoisotopic (exact) mass is 374 g/mol. The number of hydrogen-bond donors (Lipinski definition) is 1. The fourth-order valence-electron chi connectivity index (χ4n) is 3.31. The van der Waals surface area contributed by atoms with Crippen molar-refractivity contribution in [3.05, 3.63) is 59.0 Å². The lowest BCUT2D eigenvalue weighted by atomic mass is 10.1. The summed E-state index contributed by atoms with van der Waals surface area (Å²) >= 11 is 0. The van der Waals surface area contributed by atoms with E-state index in [1.54, 1.807) is 11.8 Å². The van der Waals surface area contributed by atoms with Crippen molar-refractivity contribution in [1.29, 1.82) is 0 Å². The molecular weight excluding hydrogens is 352 g/mol. The molecule has 0 fully saturated rings. The normalized spacial score (nSPS) is 11.0. The van der Waals surface area contributed by atoms with Crippen LogP contribution in [0.4, 0.5) is 11.8 Å². The lowest BCUT2D eigenvalue weighted by Crippen LogP contribution is -2.08. The molecule has 0 aliphatic heterocycles. The molecule has 0 amide bonds. The van der Waals surface area contributed by atoms with E-state index in [-0.39, 0.29) is 0 Å². The predicted molar refractivity (Wildman–Crippen MR) is 110 cm³/mol. The van der Waals surface area contributed by atoms with E-state index in [9.17, 15) is 0 Å². The maximum Gasteiger partial charge on any atom is 0.228 e. The van der Waals surface area contributed by atoms with E-state index in [1.807, 2.05) is 57.2 Å². The summed E-state index contributed by atoms with van der Waals surface area (Å²) < 4.78 is 7.28. The zero-order valence-corrected chi connectivity index (χ0v) is 16.6. The maximum atomic E-state index is 5.50. The van der Waals surface area contributed by atoms with Crippen molar-refractivity contribution < 1.29 is 4.74 Å². The second-order valence-electron chi connectivity index (χ2n) is 6.84. The Morgan fingerprint density at radius 1 is 0.893 bits per heavy atom. The summed E-state index contributed by atoms with van der Waals surface area (Å²) in [6.07, 6.45) is 0. The molecule has 0 aliphatic carbocycles. The Kier molecular flexibility index (Phi) is 4.43. The lowest BCUT2D eigenvalue weighted by Gasteiger charge is -2.12. The number of pyridine rings is 1. The van der Waals surface area contributed by atoms with Crippen LogP contribution in [0.5, 0.6) is 5.75 Å². The second kappa shape index (κ2) is 6.92. The van der Waals surface area contributed by atoms with Crippen molar-refractivity contribution in [2.24, 2.45) is 0 Å². The number of anilines is 2. The highest BCUT2D eigenvalue weighted by Crippen LogP contribution is 2.29. The van der Waals surface area contributed by atoms with Crippen LogP contribution in [-0.4, -0.2) is 31.8 Å². The lowest BCUT2D eigenvalue weighted by molar-refractivity contribution is 0.419. The fraction of sp³-hybridized carbons (Fsp3) is 0.238. The molecule has 0 aliphatic rings. The van der Waals surface area contributed by atoms with E-state index in [0.717, 1.165) is 45.1 Å². The van der Waals surface area contributed by atoms with Gasteiger partial charge in [-0.2, -0.15) is 9.78 Å². The highest BCUT2D eigenvalue weighted by Gasteiger charge is 2.14. The third-order valence-corrected chi connectivity index (χ3v) is 4.49. The number of fused-ring (bicyclic) bond motifs is 1. The van der Waals surface area contributed by atoms with Crippen LogP contribution in [0, 0.1) is 27.7 Å². The van der Waals surface area contributed by atoms with Crippen LogP contribution in [0.1, 0.15) is 22.6 Å². The second-order valence-corrected chi connectivity index (χ2v) is 6.84. The minimum Gasteiger partial charge on any atom is -0.494 e. The topological polar surface area (TPSA) is 77.8 Å². The predicted octanol–water partition coefficient (Wildman–Crippen LogP) is 4.20. The van der Waals surface area contributed by atoms with Gasteiger partial charge in [-0.1, -0.05) is 12.1 Å². The third-order valence-electron chi connectivity index (χ3n) is 4.49. The number of aryl methyl sites for hydroxylation is 4. The molecule has 1 N–H and O–H groups in total. The molecule has 3 aromatic heterocycles. The van der Waals surface area contributed by atoms with Gasteiger partial charge in [0.2, 0.25) is 5.95 Å². The van der Waals surface area contributed by atoms with Gasteiger partial charge in [-0.3, -0.25) is 0 Å². The number of aromatic nitrogens is 5. The molecule has 28 heavy (non-hydrogen) atoms. The van der Waals surface area contributed by atoms with Crippen molar-refractivity contribution in [3.63, 3.8) is 0 Å². The number of para-hydroxylation sites is 1. The minimum atomic E-state index is 0.536. The smallest absolute Gasteiger partial charge is 0.228 e. The Morgan fingerprint density at radius 3 is 2.36 bits per heavy atom. The number of nitrogens with zero attached hydrogens (tertiary/aromatic N) is 5. The molecule has 0 unspecified atom stereocenters. The van der Waals surface area contributed by atoms with E-state index >= 15 is 0 Å². The van der Waals surface area contributed by atoms with Crippen LogP contribution in [0.2, 0.25) is 0 Å². The van der Waals surface area contributed by atoms with Crippen molar-refractivity contribution in [3.8, 4) is 11.6 Å². The molecule has 4 rings (SSSR count). The van der Waals surface area contributed by atoms with Crippen molar-refractivity contribution >= 4 is 22.7 Å². The molecule has 4 aromatic rings. The van der Waals surface area contributed by atoms with Gasteiger partial charge >= 0.3 is 0 Å². The molecule has 0 bridgehead atoms. The van der Waals surface area contributed by atoms with Gasteiger partial charge in [0.25, 0.3) is 0 Å². The Bertz CT molecular complexity index is 1160. The average Bonchev–Trinajstić information content (AvgIpc) is 3.00. The first-order valence-corrected chi connectivity index (χ1v) is 9.05. The Morgan fingerprint density at radius 2 is 1.64 bits per heavy atom. The van der Waals surface area contributed by atoms with Gasteiger partial charge in [-0.05, 0) is 51.5 Å². The molecule has 0 spiro atoms. The number of ether oxygens (including phenoxy) is 1. The van der Waals surface area contributed by atoms with Gasteiger partial charge in [0.1, 0.15) is 17.1 Å². The summed E-state index contributed by atoms with van der Waals surface area (Å²) in [6, 6.07) is 11.8.